The van der Waals surface area contributed by atoms with E-state index in [9.17, 15) is 4.21 Å². The smallest absolute Gasteiger partial charge is 0.160 e. The largest absolute Gasteiger partial charge is 0.306 e. The Balaban J connectivity index is 2.02. The average molecular weight is 246 g/mol. The van der Waals surface area contributed by atoms with Gasteiger partial charge >= 0.3 is 0 Å². The lowest BCUT2D eigenvalue weighted by atomic mass is 9.90. The van der Waals surface area contributed by atoms with Gasteiger partial charge in [-0.2, -0.15) is 4.37 Å². The topological polar surface area (TPSA) is 63.1 Å². The zero-order chi connectivity index (χ0) is 10.7. The summed E-state index contributed by atoms with van der Waals surface area (Å²) in [5.74, 6) is 1.11. The SMILES string of the molecule is O=S(O)Cc1nsc(C2CCCCC2)n1. The van der Waals surface area contributed by atoms with E-state index in [1.165, 1.54) is 43.6 Å². The zero-order valence-corrected chi connectivity index (χ0v) is 10.0. The lowest BCUT2D eigenvalue weighted by Gasteiger charge is -2.18. The molecule has 1 heterocycles. The molecule has 15 heavy (non-hydrogen) atoms. The van der Waals surface area contributed by atoms with Gasteiger partial charge in [0.2, 0.25) is 0 Å². The summed E-state index contributed by atoms with van der Waals surface area (Å²) in [7, 11) is 0. The molecule has 6 heteroatoms. The molecule has 1 N–H and O–H groups in total. The molecule has 84 valence electrons. The summed E-state index contributed by atoms with van der Waals surface area (Å²) in [6, 6.07) is 0. The Bertz CT molecular complexity index is 348. The highest BCUT2D eigenvalue weighted by Crippen LogP contribution is 2.33. The maximum atomic E-state index is 10.6. The summed E-state index contributed by atoms with van der Waals surface area (Å²) in [5, 5.41) is 1.05. The van der Waals surface area contributed by atoms with E-state index in [4.69, 9.17) is 4.55 Å². The number of hydrogen-bond donors (Lipinski definition) is 1. The van der Waals surface area contributed by atoms with Crippen LogP contribution in [0, 0.1) is 0 Å². The Hall–Kier alpha value is -0.330. The second-order valence-corrected chi connectivity index (χ2v) is 5.56. The summed E-state index contributed by atoms with van der Waals surface area (Å²) in [6.07, 6.45) is 6.24. The fourth-order valence-corrected chi connectivity index (χ4v) is 3.22. The number of rotatable bonds is 3. The van der Waals surface area contributed by atoms with E-state index in [-0.39, 0.29) is 5.75 Å². The maximum absolute atomic E-state index is 10.6. The van der Waals surface area contributed by atoms with Crippen molar-refractivity contribution in [2.45, 2.75) is 43.8 Å². The highest BCUT2D eigenvalue weighted by Gasteiger charge is 2.19. The van der Waals surface area contributed by atoms with Crippen LogP contribution in [0.25, 0.3) is 0 Å². The van der Waals surface area contributed by atoms with Crippen LogP contribution in [-0.2, 0) is 16.8 Å². The van der Waals surface area contributed by atoms with E-state index in [1.54, 1.807) is 0 Å². The Morgan fingerprint density at radius 1 is 1.40 bits per heavy atom. The van der Waals surface area contributed by atoms with Gasteiger partial charge in [0.1, 0.15) is 10.8 Å². The zero-order valence-electron chi connectivity index (χ0n) is 8.39. The van der Waals surface area contributed by atoms with Crippen molar-refractivity contribution in [3.05, 3.63) is 10.8 Å². The number of aromatic nitrogens is 2. The molecule has 1 aromatic heterocycles. The van der Waals surface area contributed by atoms with Crippen LogP contribution in [0.2, 0.25) is 0 Å². The summed E-state index contributed by atoms with van der Waals surface area (Å²) >= 11 is -0.435. The quantitative estimate of drug-likeness (QED) is 0.831. The first-order valence-corrected chi connectivity index (χ1v) is 7.20. The van der Waals surface area contributed by atoms with Gasteiger partial charge in [0.15, 0.2) is 16.9 Å². The molecule has 1 saturated carbocycles. The van der Waals surface area contributed by atoms with Crippen molar-refractivity contribution in [2.75, 3.05) is 0 Å². The minimum Gasteiger partial charge on any atom is -0.306 e. The first-order valence-electron chi connectivity index (χ1n) is 5.15. The van der Waals surface area contributed by atoms with E-state index in [0.29, 0.717) is 11.7 Å². The first-order chi connectivity index (χ1) is 7.25. The van der Waals surface area contributed by atoms with Crippen LogP contribution in [-0.4, -0.2) is 18.1 Å². The van der Waals surface area contributed by atoms with Crippen LogP contribution in [0.5, 0.6) is 0 Å². The molecule has 0 spiro atoms. The fraction of sp³-hybridized carbons (Fsp3) is 0.778. The molecule has 0 amide bonds. The van der Waals surface area contributed by atoms with Crippen molar-refractivity contribution >= 4 is 22.6 Å². The molecule has 0 aliphatic heterocycles. The van der Waals surface area contributed by atoms with Crippen molar-refractivity contribution in [1.82, 2.24) is 9.36 Å². The Morgan fingerprint density at radius 3 is 2.80 bits per heavy atom. The van der Waals surface area contributed by atoms with E-state index >= 15 is 0 Å². The molecule has 1 unspecified atom stereocenters. The maximum Gasteiger partial charge on any atom is 0.160 e. The molecule has 0 saturated heterocycles. The molecule has 2 rings (SSSR count). The van der Waals surface area contributed by atoms with E-state index < -0.39 is 11.1 Å². The Kier molecular flexibility index (Phi) is 3.82. The first kappa shape index (κ1) is 11.2. The van der Waals surface area contributed by atoms with Crippen LogP contribution < -0.4 is 0 Å². The number of nitrogens with zero attached hydrogens (tertiary/aromatic N) is 2. The van der Waals surface area contributed by atoms with Crippen molar-refractivity contribution in [3.8, 4) is 0 Å². The molecule has 1 aromatic rings. The standard InChI is InChI=1S/C9H14N2O2S2/c12-15(13)6-8-10-9(14-11-8)7-4-2-1-3-5-7/h7H,1-6H2,(H,12,13). The van der Waals surface area contributed by atoms with Crippen LogP contribution >= 0.6 is 11.5 Å². The third-order valence-electron chi connectivity index (χ3n) is 2.69. The monoisotopic (exact) mass is 246 g/mol. The van der Waals surface area contributed by atoms with Crippen LogP contribution in [0.1, 0.15) is 48.9 Å². The van der Waals surface area contributed by atoms with Crippen molar-refractivity contribution in [3.63, 3.8) is 0 Å². The molecule has 0 aromatic carbocycles. The number of hydrogen-bond acceptors (Lipinski definition) is 4. The molecule has 4 nitrogen and oxygen atoms in total. The van der Waals surface area contributed by atoms with E-state index in [2.05, 4.69) is 9.36 Å². The summed E-state index contributed by atoms with van der Waals surface area (Å²) in [6.45, 7) is 0. The highest BCUT2D eigenvalue weighted by molar-refractivity contribution is 7.78. The molecule has 1 atom stereocenters. The normalized spacial score (nSPS) is 20.3. The third-order valence-corrected chi connectivity index (χ3v) is 4.11. The van der Waals surface area contributed by atoms with Crippen molar-refractivity contribution in [1.29, 1.82) is 0 Å². The molecule has 1 aliphatic carbocycles. The van der Waals surface area contributed by atoms with Gasteiger partial charge in [-0.3, -0.25) is 0 Å². The van der Waals surface area contributed by atoms with Crippen LogP contribution in [0.15, 0.2) is 0 Å². The second kappa shape index (κ2) is 5.14. The van der Waals surface area contributed by atoms with Crippen LogP contribution in [0.3, 0.4) is 0 Å². The Morgan fingerprint density at radius 2 is 2.13 bits per heavy atom. The molecule has 1 aliphatic rings. The van der Waals surface area contributed by atoms with Gasteiger partial charge < -0.3 is 4.55 Å². The minimum absolute atomic E-state index is 0.0587. The van der Waals surface area contributed by atoms with Crippen LogP contribution in [0.4, 0.5) is 0 Å². The van der Waals surface area contributed by atoms with Gasteiger partial charge in [-0.1, -0.05) is 19.3 Å². The molecule has 0 radical (unpaired) electrons. The Labute approximate surface area is 95.6 Å². The lowest BCUT2D eigenvalue weighted by Crippen LogP contribution is -2.04. The van der Waals surface area contributed by atoms with E-state index in [0.717, 1.165) is 5.01 Å². The van der Waals surface area contributed by atoms with Gasteiger partial charge in [-0.15, -0.1) is 0 Å². The predicted molar refractivity (Wildman–Crippen MR) is 60.2 cm³/mol. The minimum atomic E-state index is -1.83. The average Bonchev–Trinajstić information content (AvgIpc) is 2.67. The summed E-state index contributed by atoms with van der Waals surface area (Å²) in [5.41, 5.74) is 0. The van der Waals surface area contributed by atoms with Gasteiger partial charge in [-0.25, -0.2) is 9.19 Å². The fourth-order valence-electron chi connectivity index (χ4n) is 1.95. The third kappa shape index (κ3) is 3.06. The van der Waals surface area contributed by atoms with Crippen molar-refractivity contribution in [2.24, 2.45) is 0 Å². The molecule has 0 bridgehead atoms. The van der Waals surface area contributed by atoms with Gasteiger partial charge in [0.05, 0.1) is 0 Å². The molecule has 1 fully saturated rings. The van der Waals surface area contributed by atoms with Crippen molar-refractivity contribution < 1.29 is 8.76 Å². The van der Waals surface area contributed by atoms with Gasteiger partial charge in [0.25, 0.3) is 0 Å². The predicted octanol–water partition coefficient (Wildman–Crippen LogP) is 2.31. The molecular formula is C9H14N2O2S2. The summed E-state index contributed by atoms with van der Waals surface area (Å²) in [4.78, 5) is 4.33. The summed E-state index contributed by atoms with van der Waals surface area (Å²) < 4.78 is 23.4. The highest BCUT2D eigenvalue weighted by atomic mass is 32.2. The van der Waals surface area contributed by atoms with E-state index in [1.807, 2.05) is 0 Å². The second-order valence-electron chi connectivity index (χ2n) is 3.85. The van der Waals surface area contributed by atoms with Gasteiger partial charge in [0, 0.05) is 5.92 Å². The van der Waals surface area contributed by atoms with Gasteiger partial charge in [-0.05, 0) is 24.4 Å². The lowest BCUT2D eigenvalue weighted by molar-refractivity contribution is 0.442. The molecular weight excluding hydrogens is 232 g/mol.